The van der Waals surface area contributed by atoms with Gasteiger partial charge in [-0.25, -0.2) is 4.39 Å². The van der Waals surface area contributed by atoms with Gasteiger partial charge in [0.1, 0.15) is 11.6 Å². The number of amides is 1. The summed E-state index contributed by atoms with van der Waals surface area (Å²) >= 11 is 0. The van der Waals surface area contributed by atoms with Crippen molar-refractivity contribution in [2.45, 2.75) is 32.2 Å². The lowest BCUT2D eigenvalue weighted by atomic mass is 10.0. The van der Waals surface area contributed by atoms with Crippen LogP contribution in [0.15, 0.2) is 42.5 Å². The number of ether oxygens (including phenoxy) is 1. The maximum Gasteiger partial charge on any atom is 0.258 e. The Morgan fingerprint density at radius 1 is 1.19 bits per heavy atom. The van der Waals surface area contributed by atoms with Gasteiger partial charge in [-0.3, -0.25) is 4.79 Å². The zero-order chi connectivity index (χ0) is 22.0. The lowest BCUT2D eigenvalue weighted by Crippen LogP contribution is -2.35. The van der Waals surface area contributed by atoms with Gasteiger partial charge >= 0.3 is 0 Å². The van der Waals surface area contributed by atoms with Crippen LogP contribution in [0.4, 0.5) is 15.8 Å². The van der Waals surface area contributed by atoms with Crippen molar-refractivity contribution in [3.8, 4) is 5.75 Å². The average Bonchev–Trinajstić information content (AvgIpc) is 3.32. The van der Waals surface area contributed by atoms with E-state index < -0.39 is 0 Å². The summed E-state index contributed by atoms with van der Waals surface area (Å²) in [7, 11) is 3.81. The summed E-state index contributed by atoms with van der Waals surface area (Å²) in [5, 5.41) is 0. The summed E-state index contributed by atoms with van der Waals surface area (Å²) in [6.07, 6.45) is 3.18. The highest BCUT2D eigenvalue weighted by Crippen LogP contribution is 2.36. The van der Waals surface area contributed by atoms with Crippen molar-refractivity contribution in [2.75, 3.05) is 50.1 Å². The number of nitrogens with zero attached hydrogens (tertiary/aromatic N) is 3. The van der Waals surface area contributed by atoms with Gasteiger partial charge in [-0.2, -0.15) is 0 Å². The molecule has 0 aromatic heterocycles. The van der Waals surface area contributed by atoms with E-state index in [2.05, 4.69) is 23.8 Å². The summed E-state index contributed by atoms with van der Waals surface area (Å²) in [6.45, 7) is 5.74. The number of hydrogen-bond donors (Lipinski definition) is 0. The number of unbranched alkanes of at least 4 members (excludes halogenated alkanes) is 1. The van der Waals surface area contributed by atoms with Crippen LogP contribution in [0.1, 0.15) is 36.5 Å². The molecule has 1 amide bonds. The van der Waals surface area contributed by atoms with Gasteiger partial charge in [0.25, 0.3) is 5.91 Å². The Kier molecular flexibility index (Phi) is 6.46. The van der Waals surface area contributed by atoms with Crippen molar-refractivity contribution in [3.63, 3.8) is 0 Å². The highest BCUT2D eigenvalue weighted by molar-refractivity contribution is 6.05. The Morgan fingerprint density at radius 2 is 1.97 bits per heavy atom. The molecule has 2 fully saturated rings. The first-order valence-corrected chi connectivity index (χ1v) is 11.2. The molecule has 2 aliphatic rings. The first-order valence-electron chi connectivity index (χ1n) is 11.2. The van der Waals surface area contributed by atoms with E-state index >= 15 is 4.39 Å². The maximum absolute atomic E-state index is 15.1. The highest BCUT2D eigenvalue weighted by Gasteiger charge is 2.40. The highest BCUT2D eigenvalue weighted by atomic mass is 19.1. The van der Waals surface area contributed by atoms with Crippen molar-refractivity contribution in [2.24, 2.45) is 5.92 Å². The van der Waals surface area contributed by atoms with Gasteiger partial charge < -0.3 is 19.4 Å². The molecule has 0 unspecified atom stereocenters. The zero-order valence-electron chi connectivity index (χ0n) is 18.7. The minimum Gasteiger partial charge on any atom is -0.494 e. The molecule has 6 heteroatoms. The third-order valence-corrected chi connectivity index (χ3v) is 6.53. The number of likely N-dealkylation sites (tertiary alicyclic amines) is 1. The first-order chi connectivity index (χ1) is 15.0. The van der Waals surface area contributed by atoms with Gasteiger partial charge in [-0.1, -0.05) is 13.3 Å². The van der Waals surface area contributed by atoms with Gasteiger partial charge in [0, 0.05) is 44.0 Å². The van der Waals surface area contributed by atoms with Crippen LogP contribution < -0.4 is 14.5 Å². The molecule has 0 aliphatic carbocycles. The van der Waals surface area contributed by atoms with Crippen molar-refractivity contribution in [1.29, 1.82) is 0 Å². The molecule has 4 rings (SSSR count). The largest absolute Gasteiger partial charge is 0.494 e. The number of fused-ring (bicyclic) bond motifs is 1. The second-order valence-corrected chi connectivity index (χ2v) is 8.76. The monoisotopic (exact) mass is 425 g/mol. The molecule has 2 heterocycles. The number of carbonyl (C=O) groups is 1. The third-order valence-electron chi connectivity index (χ3n) is 6.53. The van der Waals surface area contributed by atoms with Gasteiger partial charge in [-0.15, -0.1) is 0 Å². The Labute approximate surface area is 184 Å². The quantitative estimate of drug-likeness (QED) is 0.615. The number of likely N-dealkylation sites (N-methyl/N-ethyl adjacent to an activating group) is 1. The van der Waals surface area contributed by atoms with Crippen molar-refractivity contribution in [3.05, 3.63) is 53.8 Å². The Bertz CT molecular complexity index is 917. The molecule has 2 aliphatic heterocycles. The predicted octanol–water partition coefficient (Wildman–Crippen LogP) is 4.42. The maximum atomic E-state index is 15.1. The zero-order valence-corrected chi connectivity index (χ0v) is 18.7. The normalized spacial score (nSPS) is 20.7. The molecule has 2 saturated heterocycles. The predicted molar refractivity (Wildman–Crippen MR) is 123 cm³/mol. The van der Waals surface area contributed by atoms with E-state index in [9.17, 15) is 4.79 Å². The van der Waals surface area contributed by atoms with Crippen LogP contribution in [-0.4, -0.2) is 57.2 Å². The minimum absolute atomic E-state index is 0.175. The molecular weight excluding hydrogens is 393 g/mol. The summed E-state index contributed by atoms with van der Waals surface area (Å²) in [5.41, 5.74) is 1.74. The van der Waals surface area contributed by atoms with E-state index in [1.54, 1.807) is 19.2 Å². The summed E-state index contributed by atoms with van der Waals surface area (Å²) in [6, 6.07) is 12.6. The summed E-state index contributed by atoms with van der Waals surface area (Å²) < 4.78 is 20.7. The number of hydrogen-bond acceptors (Lipinski definition) is 4. The summed E-state index contributed by atoms with van der Waals surface area (Å²) in [5.74, 6) is 0.921. The lowest BCUT2D eigenvalue weighted by Gasteiger charge is -2.27. The minimum atomic E-state index is -0.271. The van der Waals surface area contributed by atoms with Crippen LogP contribution in [0.3, 0.4) is 0 Å². The molecule has 2 aromatic carbocycles. The smallest absolute Gasteiger partial charge is 0.258 e. The molecule has 166 valence electrons. The number of halogens is 1. The van der Waals surface area contributed by atoms with Crippen LogP contribution in [0.2, 0.25) is 0 Å². The Balaban J connectivity index is 1.44. The molecule has 0 bridgehead atoms. The number of benzene rings is 2. The van der Waals surface area contributed by atoms with Gasteiger partial charge in [-0.05, 0) is 68.3 Å². The van der Waals surface area contributed by atoms with Crippen molar-refractivity contribution in [1.82, 2.24) is 4.90 Å². The molecule has 2 atom stereocenters. The SMILES string of the molecule is CCCCOc1ccc(C(=O)N(C)c2ccc(N3CC[C@@H]4CN(C)C[C@@H]43)c(F)c2)cc1. The number of rotatable bonds is 7. The van der Waals surface area contributed by atoms with E-state index in [1.165, 1.54) is 11.0 Å². The van der Waals surface area contributed by atoms with E-state index in [1.807, 2.05) is 24.3 Å². The number of carbonyl (C=O) groups excluding carboxylic acids is 1. The van der Waals surface area contributed by atoms with Crippen molar-refractivity contribution >= 4 is 17.3 Å². The fourth-order valence-electron chi connectivity index (χ4n) is 4.75. The topological polar surface area (TPSA) is 36.0 Å². The first kappa shape index (κ1) is 21.6. The van der Waals surface area contributed by atoms with E-state index in [4.69, 9.17) is 4.74 Å². The van der Waals surface area contributed by atoms with Gasteiger partial charge in [0.05, 0.1) is 12.3 Å². The van der Waals surface area contributed by atoms with Gasteiger partial charge in [0.15, 0.2) is 0 Å². The van der Waals surface area contributed by atoms with Crippen LogP contribution in [0.5, 0.6) is 5.75 Å². The van der Waals surface area contributed by atoms with E-state index in [-0.39, 0.29) is 11.7 Å². The fourth-order valence-corrected chi connectivity index (χ4v) is 4.75. The fraction of sp³-hybridized carbons (Fsp3) is 0.480. The molecule has 2 aromatic rings. The summed E-state index contributed by atoms with van der Waals surface area (Å²) in [4.78, 5) is 18.9. The molecule has 0 radical (unpaired) electrons. The molecule has 0 N–H and O–H groups in total. The van der Waals surface area contributed by atoms with E-state index in [0.29, 0.717) is 35.5 Å². The molecular formula is C25H32FN3O2. The Hall–Kier alpha value is -2.60. The van der Waals surface area contributed by atoms with Crippen LogP contribution in [0, 0.1) is 11.7 Å². The standard InChI is InChI=1S/C25H32FN3O2/c1-4-5-14-31-21-9-6-18(7-10-21)25(30)28(3)20-8-11-23(22(26)15-20)29-13-12-19-16-27(2)17-24(19)29/h6-11,15,19,24H,4-5,12-14,16-17H2,1-3H3/t19-,24+/m1/s1. The average molecular weight is 426 g/mol. The van der Waals surface area contributed by atoms with Crippen LogP contribution in [0.25, 0.3) is 0 Å². The molecule has 31 heavy (non-hydrogen) atoms. The van der Waals surface area contributed by atoms with Crippen LogP contribution in [-0.2, 0) is 0 Å². The molecule has 5 nitrogen and oxygen atoms in total. The lowest BCUT2D eigenvalue weighted by molar-refractivity contribution is 0.0993. The molecule has 0 spiro atoms. The third kappa shape index (κ3) is 4.54. The van der Waals surface area contributed by atoms with E-state index in [0.717, 1.165) is 44.6 Å². The van der Waals surface area contributed by atoms with Gasteiger partial charge in [0.2, 0.25) is 0 Å². The number of anilines is 2. The molecule has 0 saturated carbocycles. The Morgan fingerprint density at radius 3 is 2.68 bits per heavy atom. The van der Waals surface area contributed by atoms with Crippen molar-refractivity contribution < 1.29 is 13.9 Å². The van der Waals surface area contributed by atoms with Crippen LogP contribution >= 0.6 is 0 Å². The second kappa shape index (κ2) is 9.27. The second-order valence-electron chi connectivity index (χ2n) is 8.76.